The number of allylic oxidation sites excluding steroid dienone is 1. The van der Waals surface area contributed by atoms with Crippen LogP contribution in [0.25, 0.3) is 0 Å². The Labute approximate surface area is 178 Å². The molecule has 3 rings (SSSR count). The minimum atomic E-state index is -0.157. The molecular formula is C25H27N5. The molecule has 3 heterocycles. The van der Waals surface area contributed by atoms with Crippen molar-refractivity contribution in [3.05, 3.63) is 115 Å². The van der Waals surface area contributed by atoms with E-state index in [0.29, 0.717) is 13.1 Å². The van der Waals surface area contributed by atoms with Crippen LogP contribution in [0.3, 0.4) is 0 Å². The fraction of sp³-hybridized carbons (Fsp3) is 0.200. The van der Waals surface area contributed by atoms with Crippen LogP contribution in [0.1, 0.15) is 35.6 Å². The lowest BCUT2D eigenvalue weighted by atomic mass is 10.0. The zero-order valence-corrected chi connectivity index (χ0v) is 17.4. The molecule has 0 aliphatic heterocycles. The molecule has 3 aromatic rings. The van der Waals surface area contributed by atoms with Crippen LogP contribution >= 0.6 is 0 Å². The first-order chi connectivity index (χ1) is 14.7. The summed E-state index contributed by atoms with van der Waals surface area (Å²) in [5, 5.41) is 0. The maximum absolute atomic E-state index is 4.71. The first kappa shape index (κ1) is 21.3. The smallest absolute Gasteiger partial charge is 0.0956 e. The molecule has 0 aliphatic carbocycles. The summed E-state index contributed by atoms with van der Waals surface area (Å²) in [6, 6.07) is 15.9. The predicted molar refractivity (Wildman–Crippen MR) is 122 cm³/mol. The van der Waals surface area contributed by atoms with Crippen molar-refractivity contribution >= 4 is 6.21 Å². The molecule has 0 bridgehead atoms. The zero-order chi connectivity index (χ0) is 21.2. The molecule has 0 radical (unpaired) electrons. The van der Waals surface area contributed by atoms with Crippen molar-refractivity contribution in [2.45, 2.75) is 25.9 Å². The molecule has 0 N–H and O–H groups in total. The molecule has 0 spiro atoms. The molecule has 0 fully saturated rings. The van der Waals surface area contributed by atoms with Crippen LogP contribution in [0.5, 0.6) is 0 Å². The number of aromatic nitrogens is 3. The van der Waals surface area contributed by atoms with Gasteiger partial charge in [0.1, 0.15) is 0 Å². The maximum atomic E-state index is 4.71. The van der Waals surface area contributed by atoms with Gasteiger partial charge in [-0.05, 0) is 48.4 Å². The van der Waals surface area contributed by atoms with Gasteiger partial charge in [0.25, 0.3) is 0 Å². The Morgan fingerprint density at radius 3 is 2.47 bits per heavy atom. The number of aryl methyl sites for hydroxylation is 1. The molecule has 5 nitrogen and oxygen atoms in total. The van der Waals surface area contributed by atoms with E-state index >= 15 is 0 Å². The molecule has 5 heteroatoms. The number of nitrogens with zero attached hydrogens (tertiary/aromatic N) is 5. The number of hydrogen-bond donors (Lipinski definition) is 0. The van der Waals surface area contributed by atoms with E-state index in [0.717, 1.165) is 29.2 Å². The van der Waals surface area contributed by atoms with Crippen molar-refractivity contribution in [2.24, 2.45) is 4.99 Å². The van der Waals surface area contributed by atoms with Crippen LogP contribution in [-0.4, -0.2) is 32.6 Å². The summed E-state index contributed by atoms with van der Waals surface area (Å²) < 4.78 is 0. The molecule has 0 amide bonds. The van der Waals surface area contributed by atoms with Gasteiger partial charge >= 0.3 is 0 Å². The van der Waals surface area contributed by atoms with Crippen molar-refractivity contribution in [3.63, 3.8) is 0 Å². The highest BCUT2D eigenvalue weighted by atomic mass is 15.2. The molecule has 152 valence electrons. The van der Waals surface area contributed by atoms with Gasteiger partial charge in [0.2, 0.25) is 0 Å². The van der Waals surface area contributed by atoms with Gasteiger partial charge in [0, 0.05) is 43.6 Å². The Bertz CT molecular complexity index is 983. The van der Waals surface area contributed by atoms with Gasteiger partial charge in [-0.2, -0.15) is 0 Å². The second kappa shape index (κ2) is 10.9. The highest BCUT2D eigenvalue weighted by Gasteiger charge is 2.26. The van der Waals surface area contributed by atoms with E-state index in [4.69, 9.17) is 4.98 Å². The van der Waals surface area contributed by atoms with Crippen molar-refractivity contribution in [1.82, 2.24) is 19.9 Å². The van der Waals surface area contributed by atoms with E-state index in [1.807, 2.05) is 55.0 Å². The standard InChI is InChI=1S/C25H27N5/c1-4-13-26-20(3)18-30(19-22-10-6-8-14-27-22)25(23-11-7-9-15-28-23)24-17-21(5-2)12-16-29-24/h4,6-17,25H,1,3,5,18-19H2,2H3. The zero-order valence-electron chi connectivity index (χ0n) is 17.4. The van der Waals surface area contributed by atoms with E-state index in [9.17, 15) is 0 Å². The lowest BCUT2D eigenvalue weighted by molar-refractivity contribution is 0.225. The van der Waals surface area contributed by atoms with Gasteiger partial charge in [-0.15, -0.1) is 0 Å². The number of rotatable bonds is 10. The number of hydrogen-bond acceptors (Lipinski definition) is 5. The van der Waals surface area contributed by atoms with Crippen LogP contribution in [0.4, 0.5) is 0 Å². The van der Waals surface area contributed by atoms with E-state index in [-0.39, 0.29) is 6.04 Å². The predicted octanol–water partition coefficient (Wildman–Crippen LogP) is 4.80. The first-order valence-electron chi connectivity index (χ1n) is 10.0. The largest absolute Gasteiger partial charge is 0.278 e. The van der Waals surface area contributed by atoms with Crippen molar-refractivity contribution in [1.29, 1.82) is 0 Å². The molecule has 1 unspecified atom stereocenters. The lowest BCUT2D eigenvalue weighted by Gasteiger charge is -2.31. The number of aliphatic imine (C=N–C) groups is 1. The van der Waals surface area contributed by atoms with Crippen molar-refractivity contribution in [2.75, 3.05) is 6.54 Å². The summed E-state index contributed by atoms with van der Waals surface area (Å²) in [4.78, 5) is 20.5. The first-order valence-corrected chi connectivity index (χ1v) is 10.0. The van der Waals surface area contributed by atoms with Crippen LogP contribution in [0.2, 0.25) is 0 Å². The minimum absolute atomic E-state index is 0.157. The monoisotopic (exact) mass is 397 g/mol. The van der Waals surface area contributed by atoms with Crippen LogP contribution < -0.4 is 0 Å². The average molecular weight is 398 g/mol. The van der Waals surface area contributed by atoms with E-state index in [2.05, 4.69) is 52.1 Å². The van der Waals surface area contributed by atoms with Crippen LogP contribution in [-0.2, 0) is 13.0 Å². The Hall–Kier alpha value is -3.44. The Morgan fingerprint density at radius 1 is 1.03 bits per heavy atom. The third-order valence-corrected chi connectivity index (χ3v) is 4.71. The Kier molecular flexibility index (Phi) is 7.75. The second-order valence-electron chi connectivity index (χ2n) is 6.91. The molecule has 0 saturated carbocycles. The highest BCUT2D eigenvalue weighted by molar-refractivity contribution is 5.71. The maximum Gasteiger partial charge on any atom is 0.0956 e. The second-order valence-corrected chi connectivity index (χ2v) is 6.91. The number of pyridine rings is 3. The average Bonchev–Trinajstić information content (AvgIpc) is 2.79. The van der Waals surface area contributed by atoms with Crippen molar-refractivity contribution < 1.29 is 0 Å². The Balaban J connectivity index is 2.05. The molecule has 3 aromatic heterocycles. The van der Waals surface area contributed by atoms with Gasteiger partial charge in [-0.1, -0.05) is 38.3 Å². The molecule has 30 heavy (non-hydrogen) atoms. The quantitative estimate of drug-likeness (QED) is 0.461. The summed E-state index contributed by atoms with van der Waals surface area (Å²) in [6.45, 7) is 11.1. The molecule has 0 aliphatic rings. The lowest BCUT2D eigenvalue weighted by Crippen LogP contribution is -2.32. The topological polar surface area (TPSA) is 54.3 Å². The van der Waals surface area contributed by atoms with Crippen molar-refractivity contribution in [3.8, 4) is 0 Å². The molecule has 1 atom stereocenters. The SMILES string of the molecule is C=CC=NC(=C)CN(Cc1ccccn1)C(c1ccccn1)c1cc(CC)ccn1. The molecule has 0 saturated heterocycles. The fourth-order valence-electron chi connectivity index (χ4n) is 3.30. The molecule has 0 aromatic carbocycles. The highest BCUT2D eigenvalue weighted by Crippen LogP contribution is 2.28. The summed E-state index contributed by atoms with van der Waals surface area (Å²) in [5.41, 5.74) is 4.81. The summed E-state index contributed by atoms with van der Waals surface area (Å²) in [7, 11) is 0. The Morgan fingerprint density at radius 2 is 1.80 bits per heavy atom. The van der Waals surface area contributed by atoms with E-state index in [1.165, 1.54) is 5.56 Å². The van der Waals surface area contributed by atoms with Gasteiger partial charge in [0.15, 0.2) is 0 Å². The van der Waals surface area contributed by atoms with Gasteiger partial charge < -0.3 is 0 Å². The third kappa shape index (κ3) is 5.78. The van der Waals surface area contributed by atoms with Gasteiger partial charge in [-0.3, -0.25) is 24.8 Å². The summed E-state index contributed by atoms with van der Waals surface area (Å²) in [6.07, 6.45) is 9.75. The minimum Gasteiger partial charge on any atom is -0.278 e. The van der Waals surface area contributed by atoms with Crippen LogP contribution in [0, 0.1) is 0 Å². The van der Waals surface area contributed by atoms with Crippen LogP contribution in [0.15, 0.2) is 97.0 Å². The van der Waals surface area contributed by atoms with Gasteiger partial charge in [0.05, 0.1) is 23.1 Å². The van der Waals surface area contributed by atoms with E-state index < -0.39 is 0 Å². The normalized spacial score (nSPS) is 12.2. The summed E-state index contributed by atoms with van der Waals surface area (Å²) in [5.74, 6) is 0. The van der Waals surface area contributed by atoms with E-state index in [1.54, 1.807) is 12.3 Å². The third-order valence-electron chi connectivity index (χ3n) is 4.71. The van der Waals surface area contributed by atoms with Gasteiger partial charge in [-0.25, -0.2) is 0 Å². The summed E-state index contributed by atoms with van der Waals surface area (Å²) >= 11 is 0. The fourth-order valence-corrected chi connectivity index (χ4v) is 3.30. The molecular weight excluding hydrogens is 370 g/mol.